The summed E-state index contributed by atoms with van der Waals surface area (Å²) < 4.78 is 1.86. The number of hydrogen-bond acceptors (Lipinski definition) is 4. The normalized spacial score (nSPS) is 10.3. The number of aromatic nitrogens is 2. The van der Waals surface area contributed by atoms with E-state index in [0.29, 0.717) is 17.8 Å². The van der Waals surface area contributed by atoms with Crippen molar-refractivity contribution in [3.8, 4) is 0 Å². The monoisotopic (exact) mass is 273 g/mol. The Bertz CT molecular complexity index is 605. The molecule has 2 rings (SSSR count). The highest BCUT2D eigenvalue weighted by Crippen LogP contribution is 2.19. The van der Waals surface area contributed by atoms with Crippen molar-refractivity contribution in [1.29, 1.82) is 0 Å². The number of aryl methyl sites for hydroxylation is 1. The first-order valence-corrected chi connectivity index (χ1v) is 6.44. The predicted octanol–water partition coefficient (Wildman–Crippen LogP) is 1.25. The summed E-state index contributed by atoms with van der Waals surface area (Å²) in [7, 11) is 1.60. The van der Waals surface area contributed by atoms with Crippen LogP contribution in [0.5, 0.6) is 0 Å². The molecule has 0 saturated carbocycles. The first-order chi connectivity index (χ1) is 9.60. The molecule has 0 saturated heterocycles. The van der Waals surface area contributed by atoms with E-state index in [9.17, 15) is 4.79 Å². The molecule has 6 heteroatoms. The lowest BCUT2D eigenvalue weighted by Crippen LogP contribution is -2.18. The van der Waals surface area contributed by atoms with E-state index in [0.717, 1.165) is 17.8 Å². The lowest BCUT2D eigenvalue weighted by atomic mass is 10.1. The molecule has 1 aromatic heterocycles. The Labute approximate surface area is 118 Å². The third-order valence-electron chi connectivity index (χ3n) is 2.96. The smallest absolute Gasteiger partial charge is 0.251 e. The van der Waals surface area contributed by atoms with E-state index in [-0.39, 0.29) is 5.91 Å². The molecule has 2 aromatic rings. The largest absolute Gasteiger partial charge is 0.397 e. The summed E-state index contributed by atoms with van der Waals surface area (Å²) in [5.74, 6) is -0.129. The number of carbonyl (C=O) groups is 1. The van der Waals surface area contributed by atoms with E-state index in [1.165, 1.54) is 0 Å². The first-order valence-electron chi connectivity index (χ1n) is 6.44. The molecule has 1 amide bonds. The molecule has 0 spiro atoms. The first kappa shape index (κ1) is 13.9. The molecule has 0 bridgehead atoms. The molecule has 1 heterocycles. The fourth-order valence-electron chi connectivity index (χ4n) is 1.89. The Morgan fingerprint density at radius 2 is 2.25 bits per heavy atom. The number of nitrogens with zero attached hydrogens (tertiary/aromatic N) is 2. The van der Waals surface area contributed by atoms with Gasteiger partial charge < -0.3 is 16.4 Å². The molecule has 0 aliphatic heterocycles. The van der Waals surface area contributed by atoms with Crippen LogP contribution in [0.2, 0.25) is 0 Å². The molecule has 20 heavy (non-hydrogen) atoms. The van der Waals surface area contributed by atoms with Crippen molar-refractivity contribution in [1.82, 2.24) is 15.1 Å². The number of hydrogen-bond donors (Lipinski definition) is 3. The van der Waals surface area contributed by atoms with Gasteiger partial charge in [-0.15, -0.1) is 0 Å². The van der Waals surface area contributed by atoms with Gasteiger partial charge in [0.25, 0.3) is 5.91 Å². The molecule has 0 unspecified atom stereocenters. The second kappa shape index (κ2) is 6.10. The molecule has 6 nitrogen and oxygen atoms in total. The third-order valence-corrected chi connectivity index (χ3v) is 2.96. The zero-order chi connectivity index (χ0) is 14.5. The summed E-state index contributed by atoms with van der Waals surface area (Å²) in [6, 6.07) is 5.18. The van der Waals surface area contributed by atoms with E-state index in [4.69, 9.17) is 5.73 Å². The van der Waals surface area contributed by atoms with Crippen molar-refractivity contribution in [2.24, 2.45) is 0 Å². The molecular weight excluding hydrogens is 254 g/mol. The van der Waals surface area contributed by atoms with Crippen LogP contribution >= 0.6 is 0 Å². The van der Waals surface area contributed by atoms with Crippen LogP contribution in [0.3, 0.4) is 0 Å². The van der Waals surface area contributed by atoms with Crippen molar-refractivity contribution in [2.45, 2.75) is 13.5 Å². The Morgan fingerprint density at radius 1 is 1.45 bits per heavy atom. The molecule has 0 radical (unpaired) electrons. The van der Waals surface area contributed by atoms with E-state index in [1.54, 1.807) is 25.2 Å². The third kappa shape index (κ3) is 3.28. The van der Waals surface area contributed by atoms with Gasteiger partial charge in [-0.1, -0.05) is 0 Å². The average molecular weight is 273 g/mol. The van der Waals surface area contributed by atoms with Crippen molar-refractivity contribution >= 4 is 17.3 Å². The molecule has 0 aliphatic rings. The maximum Gasteiger partial charge on any atom is 0.251 e. The van der Waals surface area contributed by atoms with Gasteiger partial charge in [-0.2, -0.15) is 5.10 Å². The molecule has 4 N–H and O–H groups in total. The van der Waals surface area contributed by atoms with Crippen molar-refractivity contribution in [3.63, 3.8) is 0 Å². The fourth-order valence-corrected chi connectivity index (χ4v) is 1.89. The van der Waals surface area contributed by atoms with Gasteiger partial charge >= 0.3 is 0 Å². The highest BCUT2D eigenvalue weighted by atomic mass is 16.1. The van der Waals surface area contributed by atoms with Gasteiger partial charge in [-0.25, -0.2) is 0 Å². The molecular formula is C14H19N5O. The maximum atomic E-state index is 11.6. The minimum atomic E-state index is -0.129. The minimum absolute atomic E-state index is 0.129. The van der Waals surface area contributed by atoms with Crippen molar-refractivity contribution in [3.05, 3.63) is 41.7 Å². The summed E-state index contributed by atoms with van der Waals surface area (Å²) >= 11 is 0. The van der Waals surface area contributed by atoms with E-state index >= 15 is 0 Å². The minimum Gasteiger partial charge on any atom is -0.397 e. The number of rotatable bonds is 5. The Balaban J connectivity index is 1.99. The second-order valence-corrected chi connectivity index (χ2v) is 4.59. The van der Waals surface area contributed by atoms with Gasteiger partial charge in [0.1, 0.15) is 0 Å². The van der Waals surface area contributed by atoms with Crippen LogP contribution in [0.25, 0.3) is 0 Å². The number of carbonyl (C=O) groups excluding carboxylic acids is 1. The van der Waals surface area contributed by atoms with Crippen LogP contribution in [-0.4, -0.2) is 29.3 Å². The number of amides is 1. The standard InChI is InChI=1S/C14H19N5O/c1-10-8-18-19(9-10)6-5-17-13-7-11(14(20)16-2)3-4-12(13)15/h3-4,7-9,17H,5-6,15H2,1-2H3,(H,16,20). The van der Waals surface area contributed by atoms with Crippen molar-refractivity contribution < 1.29 is 4.79 Å². The highest BCUT2D eigenvalue weighted by Gasteiger charge is 2.06. The van der Waals surface area contributed by atoms with E-state index < -0.39 is 0 Å². The highest BCUT2D eigenvalue weighted by molar-refractivity contribution is 5.96. The Morgan fingerprint density at radius 3 is 2.90 bits per heavy atom. The predicted molar refractivity (Wildman–Crippen MR) is 79.7 cm³/mol. The topological polar surface area (TPSA) is 85.0 Å². The lowest BCUT2D eigenvalue weighted by Gasteiger charge is -2.11. The zero-order valence-corrected chi connectivity index (χ0v) is 11.7. The van der Waals surface area contributed by atoms with Crippen LogP contribution in [0.4, 0.5) is 11.4 Å². The molecule has 0 fully saturated rings. The zero-order valence-electron chi connectivity index (χ0n) is 11.7. The summed E-state index contributed by atoms with van der Waals surface area (Å²) in [4.78, 5) is 11.6. The number of nitrogens with two attached hydrogens (primary N) is 1. The molecule has 106 valence electrons. The summed E-state index contributed by atoms with van der Waals surface area (Å²) in [6.45, 7) is 3.42. The van der Waals surface area contributed by atoms with Crippen LogP contribution < -0.4 is 16.4 Å². The Hall–Kier alpha value is -2.50. The van der Waals surface area contributed by atoms with Crippen LogP contribution in [0.15, 0.2) is 30.6 Å². The SMILES string of the molecule is CNC(=O)c1ccc(N)c(NCCn2cc(C)cn2)c1. The van der Waals surface area contributed by atoms with Gasteiger partial charge in [0.2, 0.25) is 0 Å². The summed E-state index contributed by atoms with van der Waals surface area (Å²) in [5.41, 5.74) is 8.99. The van der Waals surface area contributed by atoms with Crippen LogP contribution in [-0.2, 0) is 6.54 Å². The second-order valence-electron chi connectivity index (χ2n) is 4.59. The lowest BCUT2D eigenvalue weighted by molar-refractivity contribution is 0.0963. The summed E-state index contributed by atoms with van der Waals surface area (Å²) in [5, 5.41) is 10.0. The molecule has 0 aliphatic carbocycles. The maximum absolute atomic E-state index is 11.6. The fraction of sp³-hybridized carbons (Fsp3) is 0.286. The number of anilines is 2. The quantitative estimate of drug-likeness (QED) is 0.716. The average Bonchev–Trinajstić information content (AvgIpc) is 2.85. The number of nitrogen functional groups attached to an aromatic ring is 1. The van der Waals surface area contributed by atoms with Gasteiger partial charge in [0, 0.05) is 25.4 Å². The summed E-state index contributed by atoms with van der Waals surface area (Å²) in [6.07, 6.45) is 3.80. The van der Waals surface area contributed by atoms with Crippen LogP contribution in [0.1, 0.15) is 15.9 Å². The molecule has 0 atom stereocenters. The Kier molecular flexibility index (Phi) is 4.24. The van der Waals surface area contributed by atoms with Crippen molar-refractivity contribution in [2.75, 3.05) is 24.6 Å². The van der Waals surface area contributed by atoms with Gasteiger partial charge in [-0.05, 0) is 30.7 Å². The van der Waals surface area contributed by atoms with Crippen LogP contribution in [0, 0.1) is 6.92 Å². The van der Waals surface area contributed by atoms with Gasteiger partial charge in [-0.3, -0.25) is 9.48 Å². The van der Waals surface area contributed by atoms with Gasteiger partial charge in [0.05, 0.1) is 24.1 Å². The number of nitrogens with one attached hydrogen (secondary N) is 2. The van der Waals surface area contributed by atoms with E-state index in [1.807, 2.05) is 24.0 Å². The van der Waals surface area contributed by atoms with Gasteiger partial charge in [0.15, 0.2) is 0 Å². The molecule has 1 aromatic carbocycles. The van der Waals surface area contributed by atoms with E-state index in [2.05, 4.69) is 15.7 Å². The number of benzene rings is 1.